The Hall–Kier alpha value is -1.68. The van der Waals surface area contributed by atoms with Crippen LogP contribution in [0.2, 0.25) is 5.02 Å². The summed E-state index contributed by atoms with van der Waals surface area (Å²) in [5, 5.41) is 8.18. The summed E-state index contributed by atoms with van der Waals surface area (Å²) in [6, 6.07) is 7.83. The Morgan fingerprint density at radius 2 is 2.06 bits per heavy atom. The normalized spacial score (nSPS) is 10.5. The van der Waals surface area contributed by atoms with E-state index in [1.54, 1.807) is 10.9 Å². The lowest BCUT2D eigenvalue weighted by atomic mass is 10.1. The van der Waals surface area contributed by atoms with Gasteiger partial charge in [0.15, 0.2) is 5.82 Å². The molecule has 0 saturated heterocycles. The lowest BCUT2D eigenvalue weighted by molar-refractivity contribution is 0.768. The van der Waals surface area contributed by atoms with E-state index in [0.717, 1.165) is 23.8 Å². The summed E-state index contributed by atoms with van der Waals surface area (Å²) in [7, 11) is 1.85. The Labute approximate surface area is 105 Å². The number of halogens is 1. The van der Waals surface area contributed by atoms with Crippen molar-refractivity contribution in [2.45, 2.75) is 6.42 Å². The first-order chi connectivity index (χ1) is 8.15. The third kappa shape index (κ3) is 3.14. The molecular weight excluding hydrogens is 236 g/mol. The second kappa shape index (κ2) is 5.10. The summed E-state index contributed by atoms with van der Waals surface area (Å²) in [5.41, 5.74) is 7.68. The van der Waals surface area contributed by atoms with Gasteiger partial charge in [0.2, 0.25) is 0 Å². The van der Waals surface area contributed by atoms with Gasteiger partial charge in [-0.05, 0) is 24.1 Å². The van der Waals surface area contributed by atoms with Gasteiger partial charge in [0.1, 0.15) is 0 Å². The number of nitrogens with two attached hydrogens (primary N) is 1. The molecule has 0 unspecified atom stereocenters. The predicted molar refractivity (Wildman–Crippen MR) is 71.3 cm³/mol. The van der Waals surface area contributed by atoms with Crippen LogP contribution >= 0.6 is 11.6 Å². The minimum atomic E-state index is 0.670. The number of rotatable bonds is 4. The Bertz CT molecular complexity index is 490. The van der Waals surface area contributed by atoms with Crippen molar-refractivity contribution in [3.63, 3.8) is 0 Å². The van der Waals surface area contributed by atoms with Crippen molar-refractivity contribution in [3.05, 3.63) is 41.0 Å². The molecule has 0 atom stereocenters. The Morgan fingerprint density at radius 3 is 2.65 bits per heavy atom. The third-order valence-corrected chi connectivity index (χ3v) is 2.73. The van der Waals surface area contributed by atoms with Crippen LogP contribution in [0, 0.1) is 0 Å². The molecule has 0 bridgehead atoms. The number of benzene rings is 1. The molecule has 2 aromatic rings. The fourth-order valence-corrected chi connectivity index (χ4v) is 1.75. The van der Waals surface area contributed by atoms with E-state index in [2.05, 4.69) is 10.4 Å². The number of nitrogens with zero attached hydrogens (tertiary/aromatic N) is 2. The fraction of sp³-hybridized carbons (Fsp3) is 0.250. The van der Waals surface area contributed by atoms with Gasteiger partial charge >= 0.3 is 0 Å². The highest BCUT2D eigenvalue weighted by Gasteiger charge is 2.02. The molecule has 0 fully saturated rings. The largest absolute Gasteiger partial charge is 0.394 e. The van der Waals surface area contributed by atoms with Crippen LogP contribution in [0.3, 0.4) is 0 Å². The molecule has 0 radical (unpaired) electrons. The lowest BCUT2D eigenvalue weighted by Gasteiger charge is -2.04. The zero-order chi connectivity index (χ0) is 12.3. The van der Waals surface area contributed by atoms with E-state index < -0.39 is 0 Å². The molecule has 17 heavy (non-hydrogen) atoms. The van der Waals surface area contributed by atoms with Crippen LogP contribution in [0.1, 0.15) is 5.56 Å². The highest BCUT2D eigenvalue weighted by atomic mass is 35.5. The molecule has 0 spiro atoms. The highest BCUT2D eigenvalue weighted by Crippen LogP contribution is 2.14. The van der Waals surface area contributed by atoms with Gasteiger partial charge in [-0.3, -0.25) is 4.68 Å². The summed E-state index contributed by atoms with van der Waals surface area (Å²) >= 11 is 5.82. The van der Waals surface area contributed by atoms with E-state index in [-0.39, 0.29) is 0 Å². The Morgan fingerprint density at radius 1 is 1.35 bits per heavy atom. The summed E-state index contributed by atoms with van der Waals surface area (Å²) in [6.45, 7) is 0.794. The van der Waals surface area contributed by atoms with E-state index in [0.29, 0.717) is 5.69 Å². The topological polar surface area (TPSA) is 55.9 Å². The van der Waals surface area contributed by atoms with Crippen LogP contribution < -0.4 is 11.1 Å². The molecular formula is C12H15ClN4. The SMILES string of the molecule is Cn1cc(N)c(NCCc2ccc(Cl)cc2)n1. The maximum absolute atomic E-state index is 5.82. The van der Waals surface area contributed by atoms with Gasteiger partial charge in [-0.15, -0.1) is 0 Å². The van der Waals surface area contributed by atoms with Crippen molar-refractivity contribution in [3.8, 4) is 0 Å². The molecule has 0 saturated carbocycles. The molecule has 1 aromatic carbocycles. The van der Waals surface area contributed by atoms with Crippen LogP contribution in [0.5, 0.6) is 0 Å². The summed E-state index contributed by atoms with van der Waals surface area (Å²) in [4.78, 5) is 0. The number of anilines is 2. The average Bonchev–Trinajstić information content (AvgIpc) is 2.60. The zero-order valence-electron chi connectivity index (χ0n) is 9.65. The first-order valence-electron chi connectivity index (χ1n) is 5.42. The number of nitrogens with one attached hydrogen (secondary N) is 1. The smallest absolute Gasteiger partial charge is 0.171 e. The molecule has 3 N–H and O–H groups in total. The minimum absolute atomic E-state index is 0.670. The van der Waals surface area contributed by atoms with E-state index in [9.17, 15) is 0 Å². The van der Waals surface area contributed by atoms with E-state index in [1.807, 2.05) is 31.3 Å². The van der Waals surface area contributed by atoms with Gasteiger partial charge in [-0.1, -0.05) is 23.7 Å². The molecule has 0 aliphatic heterocycles. The second-order valence-electron chi connectivity index (χ2n) is 3.91. The van der Waals surface area contributed by atoms with Crippen LogP contribution in [0.4, 0.5) is 11.5 Å². The lowest BCUT2D eigenvalue weighted by Crippen LogP contribution is -2.07. The van der Waals surface area contributed by atoms with Crippen molar-refractivity contribution >= 4 is 23.1 Å². The molecule has 0 amide bonds. The van der Waals surface area contributed by atoms with Crippen LogP contribution in [0.25, 0.3) is 0 Å². The monoisotopic (exact) mass is 250 g/mol. The maximum atomic E-state index is 5.82. The zero-order valence-corrected chi connectivity index (χ0v) is 10.4. The second-order valence-corrected chi connectivity index (χ2v) is 4.35. The van der Waals surface area contributed by atoms with Gasteiger partial charge in [0.25, 0.3) is 0 Å². The molecule has 0 aliphatic carbocycles. The van der Waals surface area contributed by atoms with Crippen molar-refractivity contribution in [2.75, 3.05) is 17.6 Å². The number of nitrogen functional groups attached to an aromatic ring is 1. The Balaban J connectivity index is 1.87. The quantitative estimate of drug-likeness (QED) is 0.876. The van der Waals surface area contributed by atoms with Gasteiger partial charge in [0.05, 0.1) is 5.69 Å². The Kier molecular flexibility index (Phi) is 3.54. The number of aromatic nitrogens is 2. The van der Waals surface area contributed by atoms with Gasteiger partial charge in [-0.25, -0.2) is 0 Å². The number of aryl methyl sites for hydroxylation is 1. The van der Waals surface area contributed by atoms with Crippen molar-refractivity contribution in [2.24, 2.45) is 7.05 Å². The molecule has 1 heterocycles. The molecule has 1 aromatic heterocycles. The molecule has 2 rings (SSSR count). The van der Waals surface area contributed by atoms with Crippen LogP contribution in [-0.4, -0.2) is 16.3 Å². The molecule has 5 heteroatoms. The summed E-state index contributed by atoms with van der Waals surface area (Å²) < 4.78 is 1.69. The number of hydrogen-bond donors (Lipinski definition) is 2. The minimum Gasteiger partial charge on any atom is -0.394 e. The molecule has 0 aliphatic rings. The maximum Gasteiger partial charge on any atom is 0.171 e. The highest BCUT2D eigenvalue weighted by molar-refractivity contribution is 6.30. The predicted octanol–water partition coefficient (Wildman–Crippen LogP) is 2.31. The summed E-state index contributed by atoms with van der Waals surface area (Å²) in [6.07, 6.45) is 2.69. The third-order valence-electron chi connectivity index (χ3n) is 2.48. The standard InChI is InChI=1S/C12H15ClN4/c1-17-8-11(14)12(16-17)15-7-6-9-2-4-10(13)5-3-9/h2-5,8H,6-7,14H2,1H3,(H,15,16). The van der Waals surface area contributed by atoms with Crippen LogP contribution in [-0.2, 0) is 13.5 Å². The van der Waals surface area contributed by atoms with Crippen molar-refractivity contribution < 1.29 is 0 Å². The first kappa shape index (κ1) is 11.8. The fourth-order valence-electron chi connectivity index (χ4n) is 1.62. The van der Waals surface area contributed by atoms with Crippen molar-refractivity contribution in [1.82, 2.24) is 9.78 Å². The summed E-state index contributed by atoms with van der Waals surface area (Å²) in [5.74, 6) is 0.737. The first-order valence-corrected chi connectivity index (χ1v) is 5.80. The van der Waals surface area contributed by atoms with Gasteiger partial charge < -0.3 is 11.1 Å². The van der Waals surface area contributed by atoms with Gasteiger partial charge in [0, 0.05) is 24.8 Å². The average molecular weight is 251 g/mol. The van der Waals surface area contributed by atoms with Crippen LogP contribution in [0.15, 0.2) is 30.5 Å². The number of hydrogen-bond acceptors (Lipinski definition) is 3. The van der Waals surface area contributed by atoms with E-state index >= 15 is 0 Å². The van der Waals surface area contributed by atoms with Gasteiger partial charge in [-0.2, -0.15) is 5.10 Å². The molecule has 4 nitrogen and oxygen atoms in total. The van der Waals surface area contributed by atoms with Crippen molar-refractivity contribution in [1.29, 1.82) is 0 Å². The van der Waals surface area contributed by atoms with E-state index in [1.165, 1.54) is 5.56 Å². The molecule has 90 valence electrons. The van der Waals surface area contributed by atoms with E-state index in [4.69, 9.17) is 17.3 Å².